The zero-order chi connectivity index (χ0) is 18.9. The van der Waals surface area contributed by atoms with Crippen molar-refractivity contribution in [2.45, 2.75) is 32.2 Å². The van der Waals surface area contributed by atoms with E-state index < -0.39 is 0 Å². The van der Waals surface area contributed by atoms with Gasteiger partial charge in [-0.2, -0.15) is 0 Å². The molecule has 7 heteroatoms. The summed E-state index contributed by atoms with van der Waals surface area (Å²) >= 11 is 0. The lowest BCUT2D eigenvalue weighted by atomic mass is 10.2. The van der Waals surface area contributed by atoms with E-state index in [9.17, 15) is 0 Å². The molecule has 1 aromatic rings. The van der Waals surface area contributed by atoms with Crippen LogP contribution in [0.25, 0.3) is 0 Å². The Kier molecular flexibility index (Phi) is 10.4. The third kappa shape index (κ3) is 7.08. The number of halogens is 1. The first-order valence-electron chi connectivity index (χ1n) is 10.6. The van der Waals surface area contributed by atoms with Crippen LogP contribution in [0.15, 0.2) is 35.3 Å². The van der Waals surface area contributed by atoms with Gasteiger partial charge in [0.25, 0.3) is 0 Å². The molecule has 1 aromatic carbocycles. The highest BCUT2D eigenvalue weighted by atomic mass is 127. The number of hydrogen-bond donors (Lipinski definition) is 2. The number of nitrogens with zero attached hydrogens (tertiary/aromatic N) is 4. The van der Waals surface area contributed by atoms with E-state index in [2.05, 4.69) is 62.3 Å². The molecule has 0 bridgehead atoms. The number of nitrogens with one attached hydrogen (secondary N) is 1. The molecule has 0 radical (unpaired) electrons. The largest absolute Gasteiger partial charge is 0.370 e. The number of benzene rings is 1. The number of para-hydroxylation sites is 1. The Balaban J connectivity index is 0.00000280. The summed E-state index contributed by atoms with van der Waals surface area (Å²) in [5.41, 5.74) is 7.38. The van der Waals surface area contributed by atoms with Gasteiger partial charge in [0, 0.05) is 44.5 Å². The number of hydrogen-bond acceptors (Lipinski definition) is 4. The van der Waals surface area contributed by atoms with Crippen molar-refractivity contribution in [3.05, 3.63) is 30.3 Å². The predicted molar refractivity (Wildman–Crippen MR) is 130 cm³/mol. The smallest absolute Gasteiger partial charge is 0.188 e. The Bertz CT molecular complexity index is 574. The maximum Gasteiger partial charge on any atom is 0.188 e. The van der Waals surface area contributed by atoms with Crippen molar-refractivity contribution in [3.63, 3.8) is 0 Å². The molecule has 0 aromatic heterocycles. The fourth-order valence-electron chi connectivity index (χ4n) is 4.17. The highest BCUT2D eigenvalue weighted by molar-refractivity contribution is 14.0. The van der Waals surface area contributed by atoms with Crippen molar-refractivity contribution in [1.82, 2.24) is 15.1 Å². The van der Waals surface area contributed by atoms with Crippen LogP contribution in [0, 0.1) is 0 Å². The first-order valence-corrected chi connectivity index (χ1v) is 10.6. The summed E-state index contributed by atoms with van der Waals surface area (Å²) in [6, 6.07) is 11.3. The monoisotopic (exact) mass is 500 g/mol. The van der Waals surface area contributed by atoms with Crippen LogP contribution >= 0.6 is 24.0 Å². The average molecular weight is 500 g/mol. The Morgan fingerprint density at radius 3 is 2.61 bits per heavy atom. The lowest BCUT2D eigenvalue weighted by Gasteiger charge is -2.36. The molecule has 3 N–H and O–H groups in total. The summed E-state index contributed by atoms with van der Waals surface area (Å²) in [6.07, 6.45) is 3.64. The second-order valence-corrected chi connectivity index (χ2v) is 7.60. The zero-order valence-electron chi connectivity index (χ0n) is 17.2. The number of likely N-dealkylation sites (N-methyl/N-ethyl adjacent to an activating group) is 1. The second-order valence-electron chi connectivity index (χ2n) is 7.60. The molecule has 158 valence electrons. The summed E-state index contributed by atoms with van der Waals surface area (Å²) in [7, 11) is 0. The van der Waals surface area contributed by atoms with E-state index >= 15 is 0 Å². The lowest BCUT2D eigenvalue weighted by Crippen LogP contribution is -2.47. The number of piperazine rings is 1. The Morgan fingerprint density at radius 2 is 1.89 bits per heavy atom. The minimum absolute atomic E-state index is 0. The quantitative estimate of drug-likeness (QED) is 0.248. The third-order valence-corrected chi connectivity index (χ3v) is 5.83. The number of aliphatic imine (C=N–C) groups is 1. The van der Waals surface area contributed by atoms with E-state index in [0.29, 0.717) is 12.0 Å². The molecule has 1 unspecified atom stereocenters. The first kappa shape index (κ1) is 23.2. The molecule has 2 heterocycles. The summed E-state index contributed by atoms with van der Waals surface area (Å²) < 4.78 is 0. The minimum atomic E-state index is 0. The number of guanidine groups is 1. The van der Waals surface area contributed by atoms with Crippen LogP contribution < -0.4 is 16.0 Å². The van der Waals surface area contributed by atoms with Gasteiger partial charge in [-0.05, 0) is 51.0 Å². The van der Waals surface area contributed by atoms with E-state index in [-0.39, 0.29) is 24.0 Å². The fourth-order valence-corrected chi connectivity index (χ4v) is 4.17. The van der Waals surface area contributed by atoms with Gasteiger partial charge in [0.1, 0.15) is 0 Å². The van der Waals surface area contributed by atoms with Crippen LogP contribution in [-0.2, 0) is 0 Å². The van der Waals surface area contributed by atoms with Crippen molar-refractivity contribution in [3.8, 4) is 0 Å². The number of rotatable bonds is 8. The molecule has 28 heavy (non-hydrogen) atoms. The molecule has 3 rings (SSSR count). The lowest BCUT2D eigenvalue weighted by molar-refractivity contribution is 0.255. The Hall–Kier alpha value is -1.06. The first-order chi connectivity index (χ1) is 13.3. The van der Waals surface area contributed by atoms with E-state index in [1.807, 2.05) is 0 Å². The molecule has 1 atom stereocenters. The van der Waals surface area contributed by atoms with Crippen molar-refractivity contribution in [2.75, 3.05) is 63.8 Å². The average Bonchev–Trinajstić information content (AvgIpc) is 3.18. The number of nitrogens with two attached hydrogens (primary N) is 1. The van der Waals surface area contributed by atoms with Gasteiger partial charge in [-0.25, -0.2) is 0 Å². The standard InChI is InChI=1S/C21H36N6.HI/c1-2-26-13-6-10-20(26)18-24-21(22)23-11-7-12-25-14-16-27(17-15-25)19-8-4-3-5-9-19;/h3-5,8-9,20H,2,6-7,10-18H2,1H3,(H3,22,23,24);1H. The van der Waals surface area contributed by atoms with Gasteiger partial charge in [0.2, 0.25) is 0 Å². The fraction of sp³-hybridized carbons (Fsp3) is 0.667. The van der Waals surface area contributed by atoms with Crippen molar-refractivity contribution >= 4 is 35.6 Å². The Morgan fingerprint density at radius 1 is 1.14 bits per heavy atom. The molecular weight excluding hydrogens is 463 g/mol. The van der Waals surface area contributed by atoms with Gasteiger partial charge >= 0.3 is 0 Å². The molecule has 2 aliphatic rings. The third-order valence-electron chi connectivity index (χ3n) is 5.83. The van der Waals surface area contributed by atoms with Crippen molar-refractivity contribution in [2.24, 2.45) is 10.7 Å². The molecule has 0 amide bonds. The normalized spacial score (nSPS) is 21.5. The summed E-state index contributed by atoms with van der Waals surface area (Å²) in [6.45, 7) is 11.9. The zero-order valence-corrected chi connectivity index (χ0v) is 19.6. The Labute approximate surface area is 187 Å². The molecular formula is C21H37IN6. The van der Waals surface area contributed by atoms with Crippen LogP contribution in [0.3, 0.4) is 0 Å². The SMILES string of the molecule is CCN1CCCC1CN=C(N)NCCCN1CCN(c2ccccc2)CC1.I. The highest BCUT2D eigenvalue weighted by Crippen LogP contribution is 2.17. The second kappa shape index (κ2) is 12.5. The van der Waals surface area contributed by atoms with Crippen molar-refractivity contribution in [1.29, 1.82) is 0 Å². The molecule has 2 fully saturated rings. The van der Waals surface area contributed by atoms with Gasteiger partial charge in [-0.3, -0.25) is 14.8 Å². The van der Waals surface area contributed by atoms with Gasteiger partial charge in [0.15, 0.2) is 5.96 Å². The molecule has 0 aliphatic carbocycles. The summed E-state index contributed by atoms with van der Waals surface area (Å²) in [5.74, 6) is 0.604. The van der Waals surface area contributed by atoms with E-state index in [0.717, 1.165) is 58.8 Å². The summed E-state index contributed by atoms with van der Waals surface area (Å²) in [5, 5.41) is 3.29. The van der Waals surface area contributed by atoms with Gasteiger partial charge in [-0.15, -0.1) is 24.0 Å². The molecule has 0 saturated carbocycles. The number of likely N-dealkylation sites (tertiary alicyclic amines) is 1. The van der Waals surface area contributed by atoms with Crippen LogP contribution in [0.5, 0.6) is 0 Å². The topological polar surface area (TPSA) is 60.1 Å². The van der Waals surface area contributed by atoms with E-state index in [1.165, 1.54) is 25.1 Å². The van der Waals surface area contributed by atoms with Crippen LogP contribution in [0.2, 0.25) is 0 Å². The maximum atomic E-state index is 6.04. The van der Waals surface area contributed by atoms with Gasteiger partial charge < -0.3 is 16.0 Å². The number of anilines is 1. The van der Waals surface area contributed by atoms with Gasteiger partial charge in [-0.1, -0.05) is 25.1 Å². The van der Waals surface area contributed by atoms with Crippen LogP contribution in [0.4, 0.5) is 5.69 Å². The predicted octanol–water partition coefficient (Wildman–Crippen LogP) is 2.21. The van der Waals surface area contributed by atoms with Crippen molar-refractivity contribution < 1.29 is 0 Å². The van der Waals surface area contributed by atoms with E-state index in [4.69, 9.17) is 5.73 Å². The van der Waals surface area contributed by atoms with Crippen LogP contribution in [0.1, 0.15) is 26.2 Å². The maximum absolute atomic E-state index is 6.04. The summed E-state index contributed by atoms with van der Waals surface area (Å²) in [4.78, 5) is 12.1. The molecule has 2 aliphatic heterocycles. The molecule has 0 spiro atoms. The van der Waals surface area contributed by atoms with E-state index in [1.54, 1.807) is 0 Å². The highest BCUT2D eigenvalue weighted by Gasteiger charge is 2.22. The van der Waals surface area contributed by atoms with Gasteiger partial charge in [0.05, 0.1) is 6.54 Å². The van der Waals surface area contributed by atoms with Crippen LogP contribution in [-0.4, -0.2) is 80.7 Å². The minimum Gasteiger partial charge on any atom is -0.370 e. The molecule has 6 nitrogen and oxygen atoms in total. The molecule has 2 saturated heterocycles.